The van der Waals surface area contributed by atoms with Crippen molar-refractivity contribution in [3.63, 3.8) is 0 Å². The highest BCUT2D eigenvalue weighted by atomic mass is 31.1. The van der Waals surface area contributed by atoms with Gasteiger partial charge in [0.05, 0.1) is 8.73 Å². The Bertz CT molecular complexity index is 167. The van der Waals surface area contributed by atoms with Crippen LogP contribution in [0.5, 0.6) is 0 Å². The fraction of sp³-hybridized carbons (Fsp3) is 0.333. The smallest absolute Gasteiger partial charge is 0.203 e. The van der Waals surface area contributed by atoms with Gasteiger partial charge in [-0.3, -0.25) is 4.79 Å². The second kappa shape index (κ2) is 5.29. The number of nitrogens with one attached hydrogen (secondary N) is 2. The molecule has 0 aromatic carbocycles. The number of amides is 1. The lowest BCUT2D eigenvalue weighted by molar-refractivity contribution is 0.229. The summed E-state index contributed by atoms with van der Waals surface area (Å²) in [5, 5.41) is 0. The van der Waals surface area contributed by atoms with E-state index in [0.717, 1.165) is 4.78 Å². The highest BCUT2D eigenvalue weighted by molar-refractivity contribution is 7.62. The Kier molecular flexibility index (Phi) is 5.11. The van der Waals surface area contributed by atoms with Gasteiger partial charge < -0.3 is 4.79 Å². The van der Waals surface area contributed by atoms with Gasteiger partial charge in [0.15, 0.2) is 13.7 Å². The molecule has 0 heterocycles. The molecule has 1 unspecified atom stereocenters. The van der Waals surface area contributed by atoms with Gasteiger partial charge in [0, 0.05) is 7.05 Å². The molecule has 0 saturated carbocycles. The van der Waals surface area contributed by atoms with Crippen molar-refractivity contribution >= 4 is 35.7 Å². The van der Waals surface area contributed by atoms with Gasteiger partial charge in [0.2, 0.25) is 7.85 Å². The van der Waals surface area contributed by atoms with E-state index in [1.807, 2.05) is 0 Å². The van der Waals surface area contributed by atoms with Crippen molar-refractivity contribution < 1.29 is 9.59 Å². The molecule has 0 aliphatic heterocycles. The Balaban J connectivity index is 3.89. The molecule has 0 aromatic heterocycles. The Morgan fingerprint density at radius 3 is 2.27 bits per heavy atom. The van der Waals surface area contributed by atoms with Crippen LogP contribution in [-0.2, 0) is 0 Å². The first-order chi connectivity index (χ1) is 5.07. The minimum Gasteiger partial charge on any atom is -0.306 e. The van der Waals surface area contributed by atoms with Crippen LogP contribution < -0.4 is 11.0 Å². The Morgan fingerprint density at radius 1 is 1.45 bits per heavy atom. The van der Waals surface area contributed by atoms with Gasteiger partial charge in [-0.2, -0.15) is 5.53 Å². The van der Waals surface area contributed by atoms with E-state index in [-0.39, 0.29) is 0 Å². The van der Waals surface area contributed by atoms with Crippen molar-refractivity contribution in [1.82, 2.24) is 15.7 Å². The Hall–Kier alpha value is -0.380. The van der Waals surface area contributed by atoms with E-state index in [9.17, 15) is 9.59 Å². The zero-order valence-electron chi connectivity index (χ0n) is 5.92. The van der Waals surface area contributed by atoms with Crippen LogP contribution in [0.15, 0.2) is 0 Å². The first-order valence-electron chi connectivity index (χ1n) is 2.66. The summed E-state index contributed by atoms with van der Waals surface area (Å²) in [6, 6.07) is 0. The Morgan fingerprint density at radius 2 is 2.00 bits per heavy atom. The summed E-state index contributed by atoms with van der Waals surface area (Å²) in [5.74, 6) is -0.767. The van der Waals surface area contributed by atoms with Crippen LogP contribution in [0.4, 0.5) is 9.59 Å². The molecular weight excluding hydrogens is 163 g/mol. The van der Waals surface area contributed by atoms with E-state index >= 15 is 0 Å². The maximum Gasteiger partial charge on any atom is 0.203 e. The third-order valence-electron chi connectivity index (χ3n) is 0.666. The maximum absolute atomic E-state index is 10.5. The van der Waals surface area contributed by atoms with Crippen molar-refractivity contribution in [3.05, 3.63) is 0 Å². The molecule has 1 atom stereocenters. The predicted octanol–water partition coefficient (Wildman–Crippen LogP) is -0.902. The predicted molar refractivity (Wildman–Crippen MR) is 44.6 cm³/mol. The summed E-state index contributed by atoms with van der Waals surface area (Å²) in [7, 11) is 10.7. The van der Waals surface area contributed by atoms with Crippen molar-refractivity contribution in [2.45, 2.75) is 0 Å². The standard InChI is InChI=1S/C3H6B2N3O2P/c1-6-7-8(2(4)9)11-3(5)10/h6-7,11H,1H3. The van der Waals surface area contributed by atoms with Gasteiger partial charge in [0.1, 0.15) is 5.42 Å². The number of nitrogens with zero attached hydrogens (tertiary/aromatic N) is 1. The number of carbonyl (C=O) groups excluding carboxylic acids is 2. The van der Waals surface area contributed by atoms with Gasteiger partial charge in [-0.05, 0) is 0 Å². The topological polar surface area (TPSA) is 61.4 Å². The lowest BCUT2D eigenvalue weighted by Gasteiger charge is -2.19. The SMILES string of the molecule is [B]C(=O)PN(NNC)C([B])=O. The van der Waals surface area contributed by atoms with Crippen LogP contribution in [0.1, 0.15) is 0 Å². The third kappa shape index (κ3) is 4.95. The molecule has 0 fully saturated rings. The summed E-state index contributed by atoms with van der Waals surface area (Å²) in [6.45, 7) is 0. The monoisotopic (exact) mass is 169 g/mol. The minimum atomic E-state index is -0.767. The first-order valence-corrected chi connectivity index (χ1v) is 3.60. The minimum absolute atomic E-state index is 0.509. The summed E-state index contributed by atoms with van der Waals surface area (Å²) >= 11 is 0. The van der Waals surface area contributed by atoms with E-state index < -0.39 is 20.0 Å². The number of hydrazine groups is 2. The average molecular weight is 169 g/mol. The van der Waals surface area contributed by atoms with Crippen LogP contribution in [-0.4, -0.2) is 38.7 Å². The molecule has 0 aromatic rings. The molecule has 4 radical (unpaired) electrons. The molecule has 1 amide bonds. The molecule has 0 bridgehead atoms. The molecule has 0 saturated heterocycles. The zero-order valence-corrected chi connectivity index (χ0v) is 6.92. The summed E-state index contributed by atoms with van der Waals surface area (Å²) in [4.78, 5) is 20.8. The fourth-order valence-corrected chi connectivity index (χ4v) is 0.858. The van der Waals surface area contributed by atoms with Crippen molar-refractivity contribution in [1.29, 1.82) is 0 Å². The second-order valence-corrected chi connectivity index (χ2v) is 2.68. The number of hydrogen-bond acceptors (Lipinski definition) is 4. The van der Waals surface area contributed by atoms with Crippen molar-refractivity contribution in [2.75, 3.05) is 7.05 Å². The third-order valence-corrected chi connectivity index (χ3v) is 1.44. The Labute approximate surface area is 68.9 Å². The van der Waals surface area contributed by atoms with Crippen LogP contribution in [0.2, 0.25) is 0 Å². The molecular formula is C3H6B2N3O2P. The van der Waals surface area contributed by atoms with Gasteiger partial charge in [-0.25, -0.2) is 10.2 Å². The van der Waals surface area contributed by atoms with Crippen molar-refractivity contribution in [3.8, 4) is 0 Å². The number of rotatable bonds is 4. The van der Waals surface area contributed by atoms with Gasteiger partial charge >= 0.3 is 0 Å². The lowest BCUT2D eigenvalue weighted by atomic mass is 10.1. The van der Waals surface area contributed by atoms with Crippen LogP contribution in [0.3, 0.4) is 0 Å². The van der Waals surface area contributed by atoms with E-state index in [4.69, 9.17) is 15.7 Å². The zero-order chi connectivity index (χ0) is 8.85. The summed E-state index contributed by atoms with van der Waals surface area (Å²) < 4.78 is 0.877. The van der Waals surface area contributed by atoms with Crippen molar-refractivity contribution in [2.24, 2.45) is 0 Å². The average Bonchev–Trinajstić information content (AvgIpc) is 1.86. The van der Waals surface area contributed by atoms with Crippen LogP contribution in [0.25, 0.3) is 0 Å². The normalized spacial score (nSPS) is 10.3. The van der Waals surface area contributed by atoms with E-state index in [0.29, 0.717) is 0 Å². The van der Waals surface area contributed by atoms with Gasteiger partial charge in [-0.15, -0.1) is 0 Å². The van der Waals surface area contributed by atoms with Crippen LogP contribution in [0, 0.1) is 0 Å². The molecule has 0 aliphatic carbocycles. The van der Waals surface area contributed by atoms with Gasteiger partial charge in [0.25, 0.3) is 0 Å². The molecule has 8 heteroatoms. The molecule has 56 valence electrons. The maximum atomic E-state index is 10.5. The molecule has 11 heavy (non-hydrogen) atoms. The molecule has 2 N–H and O–H groups in total. The second-order valence-electron chi connectivity index (χ2n) is 1.51. The summed E-state index contributed by atoms with van der Waals surface area (Å²) in [6.07, 6.45) is 0. The molecule has 0 spiro atoms. The first kappa shape index (κ1) is 10.6. The van der Waals surface area contributed by atoms with Gasteiger partial charge in [-0.1, -0.05) is 0 Å². The molecule has 0 rings (SSSR count). The fourth-order valence-electron chi connectivity index (χ4n) is 0.360. The largest absolute Gasteiger partial charge is 0.306 e. The van der Waals surface area contributed by atoms with E-state index in [1.165, 1.54) is 7.05 Å². The molecule has 0 aliphatic rings. The van der Waals surface area contributed by atoms with E-state index in [2.05, 4.69) is 11.0 Å². The highest BCUT2D eigenvalue weighted by Crippen LogP contribution is 2.14. The highest BCUT2D eigenvalue weighted by Gasteiger charge is 2.07. The quantitative estimate of drug-likeness (QED) is 0.325. The lowest BCUT2D eigenvalue weighted by Crippen LogP contribution is -2.43. The van der Waals surface area contributed by atoms with Crippen LogP contribution >= 0.6 is 8.73 Å². The number of carbonyl (C=O) groups is 2. The summed E-state index contributed by atoms with van der Waals surface area (Å²) in [5.41, 5.74) is 4.14. The molecule has 5 nitrogen and oxygen atoms in total. The number of hydrogen-bond donors (Lipinski definition) is 2. The van der Waals surface area contributed by atoms with E-state index in [1.54, 1.807) is 0 Å².